The first-order chi connectivity index (χ1) is 9.88. The summed E-state index contributed by atoms with van der Waals surface area (Å²) < 4.78 is 30.2. The second kappa shape index (κ2) is 6.18. The molecule has 2 rings (SSSR count). The molecule has 0 aliphatic heterocycles. The van der Waals surface area contributed by atoms with Crippen molar-refractivity contribution in [3.05, 3.63) is 53.6 Å². The topological polar surface area (TPSA) is 69.4 Å². The molecule has 0 spiro atoms. The molecular weight excluding hydrogens is 286 g/mol. The lowest BCUT2D eigenvalue weighted by Crippen LogP contribution is -2.15. The second-order valence-electron chi connectivity index (χ2n) is 5.01. The van der Waals surface area contributed by atoms with Gasteiger partial charge in [0.2, 0.25) is 0 Å². The lowest BCUT2D eigenvalue weighted by Gasteiger charge is -2.10. The fourth-order valence-corrected chi connectivity index (χ4v) is 3.43. The molecule has 0 unspecified atom stereocenters. The fourth-order valence-electron chi connectivity index (χ4n) is 1.99. The molecule has 112 valence electrons. The average Bonchev–Trinajstić information content (AvgIpc) is 2.43. The number of rotatable bonds is 5. The summed E-state index contributed by atoms with van der Waals surface area (Å²) in [6.07, 6.45) is 0. The van der Waals surface area contributed by atoms with Gasteiger partial charge < -0.3 is 10.5 Å². The number of hydrogen-bond donors (Lipinski definition) is 1. The number of sulfone groups is 1. The molecule has 0 atom stereocenters. The van der Waals surface area contributed by atoms with Gasteiger partial charge in [-0.15, -0.1) is 0 Å². The summed E-state index contributed by atoms with van der Waals surface area (Å²) in [6, 6.07) is 12.3. The van der Waals surface area contributed by atoms with Crippen LogP contribution in [0.5, 0.6) is 5.75 Å². The Morgan fingerprint density at radius 2 is 1.71 bits per heavy atom. The summed E-state index contributed by atoms with van der Waals surface area (Å²) in [5.74, 6) is 0.558. The predicted molar refractivity (Wildman–Crippen MR) is 84.3 cm³/mol. The first-order valence-corrected chi connectivity index (χ1v) is 8.32. The Kier molecular flexibility index (Phi) is 4.53. The van der Waals surface area contributed by atoms with Crippen molar-refractivity contribution in [2.75, 3.05) is 18.1 Å². The van der Waals surface area contributed by atoms with E-state index in [0.29, 0.717) is 16.3 Å². The van der Waals surface area contributed by atoms with Crippen LogP contribution in [-0.2, 0) is 9.84 Å². The van der Waals surface area contributed by atoms with E-state index in [-0.39, 0.29) is 12.4 Å². The van der Waals surface area contributed by atoms with Crippen molar-refractivity contribution in [2.24, 2.45) is 0 Å². The zero-order chi connectivity index (χ0) is 15.5. The highest BCUT2D eigenvalue weighted by Crippen LogP contribution is 2.19. The van der Waals surface area contributed by atoms with Gasteiger partial charge in [0, 0.05) is 5.69 Å². The first-order valence-electron chi connectivity index (χ1n) is 6.67. The molecular formula is C16H19NO3S. The standard InChI is InChI=1S/C16H19NO3S/c1-12-3-4-13(2)16(11-12)21(18,19)10-9-20-15-7-5-14(17)6-8-15/h3-8,11H,9-10,17H2,1-2H3. The van der Waals surface area contributed by atoms with Gasteiger partial charge in [-0.2, -0.15) is 0 Å². The lowest BCUT2D eigenvalue weighted by molar-refractivity contribution is 0.341. The molecule has 0 aliphatic carbocycles. The van der Waals surface area contributed by atoms with Crippen molar-refractivity contribution in [1.82, 2.24) is 0 Å². The first kappa shape index (κ1) is 15.4. The number of aryl methyl sites for hydroxylation is 2. The van der Waals surface area contributed by atoms with Crippen molar-refractivity contribution in [1.29, 1.82) is 0 Å². The summed E-state index contributed by atoms with van der Waals surface area (Å²) in [7, 11) is -3.34. The minimum absolute atomic E-state index is 0.0539. The molecule has 2 aromatic rings. The highest BCUT2D eigenvalue weighted by atomic mass is 32.2. The van der Waals surface area contributed by atoms with E-state index in [4.69, 9.17) is 10.5 Å². The van der Waals surface area contributed by atoms with Crippen LogP contribution in [0.4, 0.5) is 5.69 Å². The SMILES string of the molecule is Cc1ccc(C)c(S(=O)(=O)CCOc2ccc(N)cc2)c1. The Hall–Kier alpha value is -2.01. The molecule has 0 fully saturated rings. The summed E-state index contributed by atoms with van der Waals surface area (Å²) in [5.41, 5.74) is 7.91. The zero-order valence-electron chi connectivity index (χ0n) is 12.2. The number of anilines is 1. The number of ether oxygens (including phenoxy) is 1. The number of nitrogen functional groups attached to an aromatic ring is 1. The zero-order valence-corrected chi connectivity index (χ0v) is 13.0. The van der Waals surface area contributed by atoms with Crippen LogP contribution >= 0.6 is 0 Å². The molecule has 0 heterocycles. The third kappa shape index (κ3) is 3.98. The highest BCUT2D eigenvalue weighted by molar-refractivity contribution is 7.91. The van der Waals surface area contributed by atoms with E-state index in [1.165, 1.54) is 0 Å². The van der Waals surface area contributed by atoms with Crippen molar-refractivity contribution < 1.29 is 13.2 Å². The van der Waals surface area contributed by atoms with E-state index in [2.05, 4.69) is 0 Å². The lowest BCUT2D eigenvalue weighted by atomic mass is 10.2. The molecule has 2 N–H and O–H groups in total. The van der Waals surface area contributed by atoms with Gasteiger partial charge in [-0.25, -0.2) is 8.42 Å². The molecule has 0 amide bonds. The molecule has 4 nitrogen and oxygen atoms in total. The van der Waals surface area contributed by atoms with E-state index in [9.17, 15) is 8.42 Å². The Morgan fingerprint density at radius 3 is 2.38 bits per heavy atom. The summed E-state index contributed by atoms with van der Waals surface area (Å²) >= 11 is 0. The number of nitrogens with two attached hydrogens (primary N) is 1. The van der Waals surface area contributed by atoms with Crippen molar-refractivity contribution in [3.63, 3.8) is 0 Å². The van der Waals surface area contributed by atoms with Crippen LogP contribution in [0.3, 0.4) is 0 Å². The van der Waals surface area contributed by atoms with Crippen LogP contribution < -0.4 is 10.5 Å². The quantitative estimate of drug-likeness (QED) is 0.862. The molecule has 0 bridgehead atoms. The molecule has 0 aliphatic rings. The summed E-state index contributed by atoms with van der Waals surface area (Å²) in [4.78, 5) is 0.378. The van der Waals surface area contributed by atoms with E-state index in [1.807, 2.05) is 19.1 Å². The van der Waals surface area contributed by atoms with Gasteiger partial charge in [-0.1, -0.05) is 12.1 Å². The smallest absolute Gasteiger partial charge is 0.181 e. The van der Waals surface area contributed by atoms with E-state index in [1.54, 1.807) is 37.3 Å². The normalized spacial score (nSPS) is 11.3. The van der Waals surface area contributed by atoms with Crippen LogP contribution in [0, 0.1) is 13.8 Å². The maximum absolute atomic E-state index is 12.3. The Bertz CT molecular complexity index is 722. The third-order valence-electron chi connectivity index (χ3n) is 3.18. The van der Waals surface area contributed by atoms with Crippen LogP contribution in [0.2, 0.25) is 0 Å². The van der Waals surface area contributed by atoms with E-state index >= 15 is 0 Å². The fraction of sp³-hybridized carbons (Fsp3) is 0.250. The number of hydrogen-bond acceptors (Lipinski definition) is 4. The third-order valence-corrected chi connectivity index (χ3v) is 4.99. The molecule has 2 aromatic carbocycles. The second-order valence-corrected chi connectivity index (χ2v) is 7.08. The Balaban J connectivity index is 2.04. The summed E-state index contributed by atoms with van der Waals surface area (Å²) in [6.45, 7) is 3.79. The van der Waals surface area contributed by atoms with Crippen molar-refractivity contribution in [2.45, 2.75) is 18.7 Å². The van der Waals surface area contributed by atoms with Gasteiger partial charge in [0.1, 0.15) is 12.4 Å². The van der Waals surface area contributed by atoms with Crippen LogP contribution in [0.25, 0.3) is 0 Å². The predicted octanol–water partition coefficient (Wildman–Crippen LogP) is 2.74. The molecule has 5 heteroatoms. The Morgan fingerprint density at radius 1 is 1.05 bits per heavy atom. The van der Waals surface area contributed by atoms with Gasteiger partial charge >= 0.3 is 0 Å². The van der Waals surface area contributed by atoms with Gasteiger partial charge in [-0.3, -0.25) is 0 Å². The monoisotopic (exact) mass is 305 g/mol. The molecule has 0 aromatic heterocycles. The average molecular weight is 305 g/mol. The molecule has 0 saturated heterocycles. The van der Waals surface area contributed by atoms with Gasteiger partial charge in [-0.05, 0) is 55.3 Å². The van der Waals surface area contributed by atoms with E-state index in [0.717, 1.165) is 11.1 Å². The highest BCUT2D eigenvalue weighted by Gasteiger charge is 2.17. The Labute approximate surface area is 125 Å². The molecule has 21 heavy (non-hydrogen) atoms. The largest absolute Gasteiger partial charge is 0.493 e. The van der Waals surface area contributed by atoms with E-state index < -0.39 is 9.84 Å². The number of benzene rings is 2. The maximum Gasteiger partial charge on any atom is 0.181 e. The minimum atomic E-state index is -3.34. The summed E-state index contributed by atoms with van der Waals surface area (Å²) in [5, 5.41) is 0. The molecule has 0 radical (unpaired) electrons. The molecule has 0 saturated carbocycles. The van der Waals surface area contributed by atoms with Gasteiger partial charge in [0.25, 0.3) is 0 Å². The van der Waals surface area contributed by atoms with Crippen LogP contribution in [-0.4, -0.2) is 20.8 Å². The maximum atomic E-state index is 12.3. The van der Waals surface area contributed by atoms with Crippen molar-refractivity contribution >= 4 is 15.5 Å². The van der Waals surface area contributed by atoms with Crippen LogP contribution in [0.15, 0.2) is 47.4 Å². The minimum Gasteiger partial charge on any atom is -0.493 e. The van der Waals surface area contributed by atoms with Gasteiger partial charge in [0.05, 0.1) is 10.6 Å². The van der Waals surface area contributed by atoms with Crippen molar-refractivity contribution in [3.8, 4) is 5.75 Å². The van der Waals surface area contributed by atoms with Gasteiger partial charge in [0.15, 0.2) is 9.84 Å². The van der Waals surface area contributed by atoms with Crippen LogP contribution in [0.1, 0.15) is 11.1 Å².